The van der Waals surface area contributed by atoms with Crippen molar-refractivity contribution in [3.8, 4) is 11.5 Å². The van der Waals surface area contributed by atoms with Crippen molar-refractivity contribution in [1.82, 2.24) is 14.9 Å². The number of fused-ring (bicyclic) bond motifs is 1. The number of para-hydroxylation sites is 2. The lowest BCUT2D eigenvalue weighted by atomic mass is 10.1. The monoisotopic (exact) mass is 547 g/mol. The number of nitrogens with one attached hydrogen (secondary N) is 1. The molecule has 0 aliphatic rings. The van der Waals surface area contributed by atoms with Crippen LogP contribution in [0.4, 0.5) is 0 Å². The molecule has 0 aliphatic heterocycles. The lowest BCUT2D eigenvalue weighted by molar-refractivity contribution is 0.0953. The lowest BCUT2D eigenvalue weighted by Gasteiger charge is -2.12. The molecule has 0 aliphatic carbocycles. The molecule has 1 N–H and O–H groups in total. The van der Waals surface area contributed by atoms with Crippen LogP contribution >= 0.6 is 11.6 Å². The summed E-state index contributed by atoms with van der Waals surface area (Å²) < 4.78 is 13.5. The standard InChI is InChI=1S/C32H38ClN3O3/c1-23-21-27(22-24(2)31(23)33)39-20-10-9-19-36-29-12-7-6-11-28(29)35-30(36)13-5-4-8-18-34-32(37)25-14-16-26(38-3)17-15-25/h6-7,11-12,14-17,21-22H,4-5,8-10,13,18-20H2,1-3H3,(H,34,37). The SMILES string of the molecule is COc1ccc(C(=O)NCCCCCc2nc3ccccc3n2CCCCOc2cc(C)c(Cl)c(C)c2)cc1. The minimum atomic E-state index is -0.0512. The molecule has 0 radical (unpaired) electrons. The van der Waals surface area contributed by atoms with Crippen molar-refractivity contribution >= 4 is 28.5 Å². The van der Waals surface area contributed by atoms with E-state index in [1.807, 2.05) is 32.0 Å². The summed E-state index contributed by atoms with van der Waals surface area (Å²) in [7, 11) is 1.62. The Morgan fingerprint density at radius 3 is 2.41 bits per heavy atom. The number of carbonyl (C=O) groups excluding carboxylic acids is 1. The van der Waals surface area contributed by atoms with Gasteiger partial charge >= 0.3 is 0 Å². The quantitative estimate of drug-likeness (QED) is 0.168. The van der Waals surface area contributed by atoms with Gasteiger partial charge in [-0.05, 0) is 99.2 Å². The molecule has 4 aromatic rings. The van der Waals surface area contributed by atoms with Gasteiger partial charge in [-0.3, -0.25) is 4.79 Å². The Balaban J connectivity index is 1.22. The normalized spacial score (nSPS) is 11.1. The van der Waals surface area contributed by atoms with Crippen LogP contribution in [0, 0.1) is 13.8 Å². The molecule has 4 rings (SSSR count). The van der Waals surface area contributed by atoms with E-state index in [9.17, 15) is 4.79 Å². The number of hydrogen-bond donors (Lipinski definition) is 1. The van der Waals surface area contributed by atoms with Crippen molar-refractivity contribution in [2.24, 2.45) is 0 Å². The van der Waals surface area contributed by atoms with Crippen molar-refractivity contribution in [3.05, 3.63) is 88.2 Å². The van der Waals surface area contributed by atoms with Crippen LogP contribution in [0.15, 0.2) is 60.7 Å². The first-order valence-corrected chi connectivity index (χ1v) is 14.1. The number of nitrogens with zero attached hydrogens (tertiary/aromatic N) is 2. The summed E-state index contributed by atoms with van der Waals surface area (Å²) in [6.07, 6.45) is 5.88. The number of carbonyl (C=O) groups is 1. The van der Waals surface area contributed by atoms with Crippen LogP contribution in [0.2, 0.25) is 5.02 Å². The highest BCUT2D eigenvalue weighted by atomic mass is 35.5. The van der Waals surface area contributed by atoms with Gasteiger partial charge in [0.25, 0.3) is 5.91 Å². The fraction of sp³-hybridized carbons (Fsp3) is 0.375. The summed E-state index contributed by atoms with van der Waals surface area (Å²) in [4.78, 5) is 17.3. The molecule has 6 nitrogen and oxygen atoms in total. The number of unbranched alkanes of at least 4 members (excludes halogenated alkanes) is 3. The molecule has 39 heavy (non-hydrogen) atoms. The van der Waals surface area contributed by atoms with Gasteiger partial charge in [-0.25, -0.2) is 4.98 Å². The van der Waals surface area contributed by atoms with E-state index in [2.05, 4.69) is 28.1 Å². The van der Waals surface area contributed by atoms with Gasteiger partial charge in [0.1, 0.15) is 17.3 Å². The van der Waals surface area contributed by atoms with Crippen LogP contribution in [0.5, 0.6) is 11.5 Å². The molecule has 3 aromatic carbocycles. The number of halogens is 1. The van der Waals surface area contributed by atoms with E-state index >= 15 is 0 Å². The molecule has 0 saturated carbocycles. The van der Waals surface area contributed by atoms with Gasteiger partial charge in [-0.2, -0.15) is 0 Å². The number of aromatic nitrogens is 2. The molecule has 1 amide bonds. The van der Waals surface area contributed by atoms with E-state index in [-0.39, 0.29) is 5.91 Å². The Morgan fingerprint density at radius 2 is 1.67 bits per heavy atom. The van der Waals surface area contributed by atoms with E-state index in [0.717, 1.165) is 84.1 Å². The third-order valence-electron chi connectivity index (χ3n) is 6.90. The van der Waals surface area contributed by atoms with Crippen molar-refractivity contribution in [3.63, 3.8) is 0 Å². The summed E-state index contributed by atoms with van der Waals surface area (Å²) >= 11 is 6.27. The van der Waals surface area contributed by atoms with Gasteiger partial charge < -0.3 is 19.4 Å². The molecule has 206 valence electrons. The van der Waals surface area contributed by atoms with E-state index < -0.39 is 0 Å². The van der Waals surface area contributed by atoms with E-state index in [1.165, 1.54) is 5.52 Å². The maximum Gasteiger partial charge on any atom is 0.251 e. The maximum absolute atomic E-state index is 12.3. The highest BCUT2D eigenvalue weighted by Gasteiger charge is 2.11. The fourth-order valence-corrected chi connectivity index (χ4v) is 4.86. The smallest absolute Gasteiger partial charge is 0.251 e. The minimum Gasteiger partial charge on any atom is -0.497 e. The Kier molecular flexibility index (Phi) is 10.3. The number of hydrogen-bond acceptors (Lipinski definition) is 4. The van der Waals surface area contributed by atoms with Gasteiger partial charge in [0.2, 0.25) is 0 Å². The van der Waals surface area contributed by atoms with Crippen molar-refractivity contribution in [1.29, 1.82) is 0 Å². The molecular weight excluding hydrogens is 510 g/mol. The summed E-state index contributed by atoms with van der Waals surface area (Å²) in [5.74, 6) is 2.70. The summed E-state index contributed by atoms with van der Waals surface area (Å²) in [5, 5.41) is 3.82. The predicted octanol–water partition coefficient (Wildman–Crippen LogP) is 7.32. The molecular formula is C32H38ClN3O3. The predicted molar refractivity (Wildman–Crippen MR) is 158 cm³/mol. The molecule has 1 heterocycles. The zero-order valence-electron chi connectivity index (χ0n) is 23.1. The molecule has 0 atom stereocenters. The zero-order chi connectivity index (χ0) is 27.6. The van der Waals surface area contributed by atoms with Crippen LogP contribution in [0.1, 0.15) is 59.4 Å². The summed E-state index contributed by atoms with van der Waals surface area (Å²) in [6, 6.07) is 19.5. The number of methoxy groups -OCH3 is 1. The first-order valence-electron chi connectivity index (χ1n) is 13.7. The van der Waals surface area contributed by atoms with Crippen LogP contribution < -0.4 is 14.8 Å². The largest absolute Gasteiger partial charge is 0.497 e. The minimum absolute atomic E-state index is 0.0512. The average Bonchev–Trinajstić information content (AvgIpc) is 3.30. The van der Waals surface area contributed by atoms with Crippen LogP contribution in [-0.4, -0.2) is 35.7 Å². The Bertz CT molecular complexity index is 1360. The highest BCUT2D eigenvalue weighted by molar-refractivity contribution is 6.32. The second kappa shape index (κ2) is 14.0. The van der Waals surface area contributed by atoms with E-state index in [4.69, 9.17) is 26.1 Å². The third kappa shape index (κ3) is 7.76. The zero-order valence-corrected chi connectivity index (χ0v) is 23.9. The van der Waals surface area contributed by atoms with Crippen molar-refractivity contribution < 1.29 is 14.3 Å². The lowest BCUT2D eigenvalue weighted by Crippen LogP contribution is -2.24. The molecule has 0 saturated heterocycles. The second-order valence-corrected chi connectivity index (χ2v) is 10.3. The number of aryl methyl sites for hydroxylation is 4. The average molecular weight is 548 g/mol. The first kappa shape index (κ1) is 28.5. The van der Waals surface area contributed by atoms with Gasteiger partial charge in [-0.1, -0.05) is 30.2 Å². The number of benzene rings is 3. The Labute approximate surface area is 236 Å². The van der Waals surface area contributed by atoms with Gasteiger partial charge in [0, 0.05) is 30.1 Å². The molecule has 0 bridgehead atoms. The topological polar surface area (TPSA) is 65.4 Å². The molecule has 0 fully saturated rings. The number of imidazole rings is 1. The number of ether oxygens (including phenoxy) is 2. The maximum atomic E-state index is 12.3. The third-order valence-corrected chi connectivity index (χ3v) is 7.50. The fourth-order valence-electron chi connectivity index (χ4n) is 4.75. The van der Waals surface area contributed by atoms with Gasteiger partial charge in [0.05, 0.1) is 24.8 Å². The van der Waals surface area contributed by atoms with E-state index in [1.54, 1.807) is 31.4 Å². The van der Waals surface area contributed by atoms with E-state index in [0.29, 0.717) is 18.7 Å². The summed E-state index contributed by atoms with van der Waals surface area (Å²) in [6.45, 7) is 6.26. The van der Waals surface area contributed by atoms with Crippen molar-refractivity contribution in [2.75, 3.05) is 20.3 Å². The highest BCUT2D eigenvalue weighted by Crippen LogP contribution is 2.26. The second-order valence-electron chi connectivity index (χ2n) is 9.89. The van der Waals surface area contributed by atoms with Crippen LogP contribution in [0.25, 0.3) is 11.0 Å². The van der Waals surface area contributed by atoms with Crippen LogP contribution in [-0.2, 0) is 13.0 Å². The van der Waals surface area contributed by atoms with Gasteiger partial charge in [0.15, 0.2) is 0 Å². The molecule has 0 spiro atoms. The molecule has 1 aromatic heterocycles. The van der Waals surface area contributed by atoms with Gasteiger partial charge in [-0.15, -0.1) is 0 Å². The Hall–Kier alpha value is -3.51. The summed E-state index contributed by atoms with van der Waals surface area (Å²) in [5.41, 5.74) is 4.96. The first-order chi connectivity index (χ1) is 19.0. The molecule has 7 heteroatoms. The Morgan fingerprint density at radius 1 is 0.923 bits per heavy atom. The number of amides is 1. The number of rotatable bonds is 14. The van der Waals surface area contributed by atoms with Crippen LogP contribution in [0.3, 0.4) is 0 Å². The van der Waals surface area contributed by atoms with Crippen molar-refractivity contribution in [2.45, 2.75) is 58.9 Å². The molecule has 0 unspecified atom stereocenters.